The zero-order valence-electron chi connectivity index (χ0n) is 11.4. The Balaban J connectivity index is 2.99. The van der Waals surface area contributed by atoms with Crippen molar-refractivity contribution in [3.63, 3.8) is 0 Å². The van der Waals surface area contributed by atoms with Gasteiger partial charge >= 0.3 is 0 Å². The molecule has 1 heterocycles. The van der Waals surface area contributed by atoms with Crippen molar-refractivity contribution in [2.24, 2.45) is 5.73 Å². The number of aromatic nitrogens is 1. The number of pyridine rings is 1. The van der Waals surface area contributed by atoms with Crippen LogP contribution in [-0.2, 0) is 0 Å². The molecule has 17 heavy (non-hydrogen) atoms. The van der Waals surface area contributed by atoms with Crippen molar-refractivity contribution < 1.29 is 0 Å². The van der Waals surface area contributed by atoms with E-state index in [1.165, 1.54) is 5.56 Å². The summed E-state index contributed by atoms with van der Waals surface area (Å²) in [6, 6.07) is 4.99. The highest BCUT2D eigenvalue weighted by Crippen LogP contribution is 2.25. The van der Waals surface area contributed by atoms with E-state index >= 15 is 0 Å². The second-order valence-electron chi connectivity index (χ2n) is 4.68. The fraction of sp³-hybridized carbons (Fsp3) is 0.643. The molecule has 3 unspecified atom stereocenters. The van der Waals surface area contributed by atoms with E-state index in [0.29, 0.717) is 6.04 Å². The minimum Gasteiger partial charge on any atom is -0.326 e. The van der Waals surface area contributed by atoms with Gasteiger partial charge in [0.1, 0.15) is 0 Å². The lowest BCUT2D eigenvalue weighted by Gasteiger charge is -2.37. The van der Waals surface area contributed by atoms with Gasteiger partial charge in [-0.25, -0.2) is 0 Å². The molecule has 0 spiro atoms. The monoisotopic (exact) mass is 235 g/mol. The summed E-state index contributed by atoms with van der Waals surface area (Å²) in [7, 11) is 0. The first-order valence-electron chi connectivity index (χ1n) is 6.53. The molecule has 0 saturated heterocycles. The highest BCUT2D eigenvalue weighted by molar-refractivity contribution is 5.16. The van der Waals surface area contributed by atoms with Crippen LogP contribution in [0.25, 0.3) is 0 Å². The first kappa shape index (κ1) is 14.1. The van der Waals surface area contributed by atoms with E-state index in [0.717, 1.165) is 13.0 Å². The molecule has 0 aliphatic rings. The Kier molecular flexibility index (Phi) is 5.59. The number of rotatable bonds is 6. The minimum absolute atomic E-state index is 0.105. The number of nitrogens with zero attached hydrogens (tertiary/aromatic N) is 2. The highest BCUT2D eigenvalue weighted by atomic mass is 15.2. The standard InChI is InChI=1S/C14H25N3/c1-5-11(3)17(6-2)14(12(4)15)13-8-7-9-16-10-13/h7-12,14H,5-6,15H2,1-4H3. The lowest BCUT2D eigenvalue weighted by atomic mass is 9.98. The van der Waals surface area contributed by atoms with Crippen LogP contribution in [0, 0.1) is 0 Å². The third-order valence-electron chi connectivity index (χ3n) is 3.40. The Hall–Kier alpha value is -0.930. The summed E-state index contributed by atoms with van der Waals surface area (Å²) in [5.41, 5.74) is 7.38. The SMILES string of the molecule is CCC(C)N(CC)C(c1cccnc1)C(C)N. The van der Waals surface area contributed by atoms with Crippen molar-refractivity contribution in [2.75, 3.05) is 6.54 Å². The highest BCUT2D eigenvalue weighted by Gasteiger charge is 2.25. The van der Waals surface area contributed by atoms with Crippen molar-refractivity contribution in [3.8, 4) is 0 Å². The van der Waals surface area contributed by atoms with Crippen LogP contribution >= 0.6 is 0 Å². The summed E-state index contributed by atoms with van der Waals surface area (Å²) in [5.74, 6) is 0. The van der Waals surface area contributed by atoms with Gasteiger partial charge < -0.3 is 5.73 Å². The van der Waals surface area contributed by atoms with E-state index in [9.17, 15) is 0 Å². The predicted octanol–water partition coefficient (Wildman–Crippen LogP) is 2.59. The minimum atomic E-state index is 0.105. The van der Waals surface area contributed by atoms with Gasteiger partial charge in [0.15, 0.2) is 0 Å². The van der Waals surface area contributed by atoms with Crippen molar-refractivity contribution in [2.45, 2.75) is 52.2 Å². The zero-order valence-corrected chi connectivity index (χ0v) is 11.4. The predicted molar refractivity (Wildman–Crippen MR) is 72.8 cm³/mol. The van der Waals surface area contributed by atoms with Crippen molar-refractivity contribution in [1.29, 1.82) is 0 Å². The first-order chi connectivity index (χ1) is 8.11. The average molecular weight is 235 g/mol. The number of nitrogens with two attached hydrogens (primary N) is 1. The van der Waals surface area contributed by atoms with Crippen LogP contribution in [-0.4, -0.2) is 28.5 Å². The summed E-state index contributed by atoms with van der Waals surface area (Å²) < 4.78 is 0. The maximum absolute atomic E-state index is 6.17. The van der Waals surface area contributed by atoms with Crippen LogP contribution in [0.5, 0.6) is 0 Å². The molecule has 0 amide bonds. The van der Waals surface area contributed by atoms with Crippen LogP contribution in [0.2, 0.25) is 0 Å². The summed E-state index contributed by atoms with van der Waals surface area (Å²) in [6.07, 6.45) is 4.87. The molecular weight excluding hydrogens is 210 g/mol. The molecule has 0 aliphatic heterocycles. The molecule has 0 saturated carbocycles. The van der Waals surface area contributed by atoms with Gasteiger partial charge in [-0.15, -0.1) is 0 Å². The Morgan fingerprint density at radius 2 is 2.06 bits per heavy atom. The fourth-order valence-electron chi connectivity index (χ4n) is 2.37. The Morgan fingerprint density at radius 1 is 1.35 bits per heavy atom. The van der Waals surface area contributed by atoms with Crippen LogP contribution in [0.1, 0.15) is 45.7 Å². The van der Waals surface area contributed by atoms with Crippen LogP contribution < -0.4 is 5.73 Å². The molecule has 0 radical (unpaired) electrons. The third kappa shape index (κ3) is 3.51. The molecule has 2 N–H and O–H groups in total. The van der Waals surface area contributed by atoms with E-state index in [2.05, 4.69) is 43.6 Å². The van der Waals surface area contributed by atoms with E-state index in [-0.39, 0.29) is 12.1 Å². The summed E-state index contributed by atoms with van der Waals surface area (Å²) in [4.78, 5) is 6.67. The molecular formula is C14H25N3. The van der Waals surface area contributed by atoms with Gasteiger partial charge in [0.2, 0.25) is 0 Å². The second-order valence-corrected chi connectivity index (χ2v) is 4.68. The smallest absolute Gasteiger partial charge is 0.0514 e. The molecule has 96 valence electrons. The average Bonchev–Trinajstić information content (AvgIpc) is 2.35. The molecule has 1 aromatic rings. The molecule has 0 aliphatic carbocycles. The lowest BCUT2D eigenvalue weighted by Crippen LogP contribution is -2.43. The van der Waals surface area contributed by atoms with Gasteiger partial charge in [-0.05, 0) is 38.4 Å². The van der Waals surface area contributed by atoms with E-state index in [1.807, 2.05) is 12.3 Å². The zero-order chi connectivity index (χ0) is 12.8. The Bertz CT molecular complexity index is 311. The number of hydrogen-bond donors (Lipinski definition) is 1. The van der Waals surface area contributed by atoms with Gasteiger partial charge in [-0.1, -0.05) is 19.9 Å². The molecule has 0 bridgehead atoms. The topological polar surface area (TPSA) is 42.2 Å². The molecule has 0 aromatic carbocycles. The fourth-order valence-corrected chi connectivity index (χ4v) is 2.37. The maximum Gasteiger partial charge on any atom is 0.0514 e. The third-order valence-corrected chi connectivity index (χ3v) is 3.40. The quantitative estimate of drug-likeness (QED) is 0.824. The van der Waals surface area contributed by atoms with E-state index in [1.54, 1.807) is 6.20 Å². The van der Waals surface area contributed by atoms with Crippen molar-refractivity contribution in [3.05, 3.63) is 30.1 Å². The molecule has 1 rings (SSSR count). The van der Waals surface area contributed by atoms with Gasteiger partial charge in [0.05, 0.1) is 6.04 Å². The van der Waals surface area contributed by atoms with Crippen molar-refractivity contribution >= 4 is 0 Å². The number of hydrogen-bond acceptors (Lipinski definition) is 3. The van der Waals surface area contributed by atoms with E-state index in [4.69, 9.17) is 5.73 Å². The Labute approximate surface area is 105 Å². The maximum atomic E-state index is 6.17. The van der Waals surface area contributed by atoms with Crippen LogP contribution in [0.3, 0.4) is 0 Å². The lowest BCUT2D eigenvalue weighted by molar-refractivity contribution is 0.131. The Morgan fingerprint density at radius 3 is 2.47 bits per heavy atom. The normalized spacial score (nSPS) is 16.8. The van der Waals surface area contributed by atoms with Gasteiger partial charge in [0, 0.05) is 24.5 Å². The summed E-state index contributed by atoms with van der Waals surface area (Å²) >= 11 is 0. The molecule has 1 aromatic heterocycles. The van der Waals surface area contributed by atoms with Gasteiger partial charge in [-0.3, -0.25) is 9.88 Å². The summed E-state index contributed by atoms with van der Waals surface area (Å²) in [6.45, 7) is 9.75. The van der Waals surface area contributed by atoms with Gasteiger partial charge in [0.25, 0.3) is 0 Å². The van der Waals surface area contributed by atoms with Gasteiger partial charge in [-0.2, -0.15) is 0 Å². The van der Waals surface area contributed by atoms with Crippen molar-refractivity contribution in [1.82, 2.24) is 9.88 Å². The van der Waals surface area contributed by atoms with Crippen LogP contribution in [0.15, 0.2) is 24.5 Å². The number of likely N-dealkylation sites (N-methyl/N-ethyl adjacent to an activating group) is 1. The van der Waals surface area contributed by atoms with Crippen LogP contribution in [0.4, 0.5) is 0 Å². The molecule has 0 fully saturated rings. The largest absolute Gasteiger partial charge is 0.326 e. The molecule has 3 heteroatoms. The summed E-state index contributed by atoms with van der Waals surface area (Å²) in [5, 5.41) is 0. The van der Waals surface area contributed by atoms with E-state index < -0.39 is 0 Å². The second kappa shape index (κ2) is 6.72. The molecule has 3 atom stereocenters. The first-order valence-corrected chi connectivity index (χ1v) is 6.53. The molecule has 3 nitrogen and oxygen atoms in total.